The van der Waals surface area contributed by atoms with Gasteiger partial charge >= 0.3 is 0 Å². The second-order valence-corrected chi connectivity index (χ2v) is 8.55. The Hall–Kier alpha value is -2.82. The molecule has 1 aliphatic rings. The molecule has 0 saturated carbocycles. The van der Waals surface area contributed by atoms with Gasteiger partial charge in [0.2, 0.25) is 15.9 Å². The second kappa shape index (κ2) is 8.27. The lowest BCUT2D eigenvalue weighted by atomic mass is 10.2. The fraction of sp³-hybridized carbons (Fsp3) is 0.222. The predicted octanol–water partition coefficient (Wildman–Crippen LogP) is 1.94. The van der Waals surface area contributed by atoms with Gasteiger partial charge < -0.3 is 20.1 Å². The van der Waals surface area contributed by atoms with E-state index in [2.05, 4.69) is 10.6 Å². The van der Waals surface area contributed by atoms with Gasteiger partial charge in [0.15, 0.2) is 6.61 Å². The van der Waals surface area contributed by atoms with Gasteiger partial charge in [-0.3, -0.25) is 9.59 Å². The van der Waals surface area contributed by atoms with Crippen LogP contribution >= 0.6 is 11.6 Å². The lowest BCUT2D eigenvalue weighted by Crippen LogP contribution is -2.35. The van der Waals surface area contributed by atoms with Crippen LogP contribution in [-0.2, 0) is 19.6 Å². The highest BCUT2D eigenvalue weighted by molar-refractivity contribution is 7.89. The largest absolute Gasteiger partial charge is 0.495 e. The van der Waals surface area contributed by atoms with Crippen molar-refractivity contribution in [2.45, 2.75) is 4.90 Å². The fourth-order valence-electron chi connectivity index (χ4n) is 2.67. The molecule has 0 saturated heterocycles. The quantitative estimate of drug-likeness (QED) is 0.711. The average Bonchev–Trinajstić information content (AvgIpc) is 2.67. The summed E-state index contributed by atoms with van der Waals surface area (Å²) in [5.41, 5.74) is 0.698. The minimum Gasteiger partial charge on any atom is -0.495 e. The van der Waals surface area contributed by atoms with E-state index in [0.717, 1.165) is 4.31 Å². The van der Waals surface area contributed by atoms with Crippen molar-refractivity contribution in [3.05, 3.63) is 41.4 Å². The average molecular weight is 440 g/mol. The van der Waals surface area contributed by atoms with Gasteiger partial charge in [0.05, 0.1) is 30.1 Å². The van der Waals surface area contributed by atoms with Crippen molar-refractivity contribution in [3.63, 3.8) is 0 Å². The molecule has 3 rings (SSSR count). The molecule has 2 amide bonds. The Labute approximate surface area is 172 Å². The first-order valence-corrected chi connectivity index (χ1v) is 10.2. The monoisotopic (exact) mass is 439 g/mol. The van der Waals surface area contributed by atoms with Gasteiger partial charge in [0.1, 0.15) is 16.4 Å². The molecule has 9 nitrogen and oxygen atoms in total. The number of fused-ring (bicyclic) bond motifs is 1. The van der Waals surface area contributed by atoms with E-state index in [1.165, 1.54) is 26.3 Å². The van der Waals surface area contributed by atoms with E-state index in [9.17, 15) is 18.0 Å². The number of para-hydroxylation sites is 2. The van der Waals surface area contributed by atoms with Crippen LogP contribution in [0.25, 0.3) is 0 Å². The zero-order valence-electron chi connectivity index (χ0n) is 15.6. The number of nitrogens with one attached hydrogen (secondary N) is 2. The van der Waals surface area contributed by atoms with Crippen molar-refractivity contribution in [3.8, 4) is 11.5 Å². The molecule has 0 aliphatic carbocycles. The molecule has 1 heterocycles. The maximum atomic E-state index is 12.9. The third-order valence-electron chi connectivity index (χ3n) is 4.10. The third-order valence-corrected chi connectivity index (χ3v) is 6.37. The van der Waals surface area contributed by atoms with E-state index in [4.69, 9.17) is 21.1 Å². The summed E-state index contributed by atoms with van der Waals surface area (Å²) in [7, 11) is -1.38. The number of anilines is 2. The SMILES string of the molecule is COc1ccccc1NC(=O)CN(C)S(=O)(=O)c1cc2c(cc1Cl)NC(=O)CO2. The van der Waals surface area contributed by atoms with E-state index in [0.29, 0.717) is 11.4 Å². The van der Waals surface area contributed by atoms with Crippen LogP contribution < -0.4 is 20.1 Å². The van der Waals surface area contributed by atoms with E-state index < -0.39 is 22.5 Å². The molecular weight excluding hydrogens is 422 g/mol. The van der Waals surface area contributed by atoms with Gasteiger partial charge in [-0.1, -0.05) is 23.7 Å². The molecule has 2 aromatic rings. The van der Waals surface area contributed by atoms with Gasteiger partial charge in [-0.2, -0.15) is 4.31 Å². The molecule has 29 heavy (non-hydrogen) atoms. The van der Waals surface area contributed by atoms with E-state index >= 15 is 0 Å². The van der Waals surface area contributed by atoms with Crippen molar-refractivity contribution in [2.24, 2.45) is 0 Å². The molecule has 2 aromatic carbocycles. The van der Waals surface area contributed by atoms with Crippen molar-refractivity contribution >= 4 is 44.8 Å². The Bertz CT molecular complexity index is 1070. The minimum atomic E-state index is -4.10. The highest BCUT2D eigenvalue weighted by atomic mass is 35.5. The van der Waals surface area contributed by atoms with E-state index in [1.54, 1.807) is 24.3 Å². The molecule has 0 fully saturated rings. The number of halogens is 1. The van der Waals surface area contributed by atoms with Crippen LogP contribution in [-0.4, -0.2) is 51.8 Å². The smallest absolute Gasteiger partial charge is 0.262 e. The van der Waals surface area contributed by atoms with Crippen LogP contribution in [0.1, 0.15) is 0 Å². The molecule has 0 aromatic heterocycles. The third kappa shape index (κ3) is 4.44. The van der Waals surface area contributed by atoms with Gasteiger partial charge in [0, 0.05) is 13.1 Å². The van der Waals surface area contributed by atoms with Crippen LogP contribution in [0.4, 0.5) is 11.4 Å². The zero-order chi connectivity index (χ0) is 21.2. The predicted molar refractivity (Wildman–Crippen MR) is 107 cm³/mol. The van der Waals surface area contributed by atoms with Crippen molar-refractivity contribution < 1.29 is 27.5 Å². The second-order valence-electron chi connectivity index (χ2n) is 6.13. The lowest BCUT2D eigenvalue weighted by molar-refractivity contribution is -0.118. The maximum Gasteiger partial charge on any atom is 0.262 e. The Kier molecular flexibility index (Phi) is 5.96. The molecule has 0 bridgehead atoms. The van der Waals surface area contributed by atoms with Crippen LogP contribution in [0.15, 0.2) is 41.3 Å². The number of hydrogen-bond donors (Lipinski definition) is 2. The normalized spacial score (nSPS) is 13.3. The Morgan fingerprint density at radius 2 is 2.07 bits per heavy atom. The summed E-state index contributed by atoms with van der Waals surface area (Å²) in [5.74, 6) is -0.296. The first kappa shape index (κ1) is 20.9. The molecule has 0 unspecified atom stereocenters. The Morgan fingerprint density at radius 3 is 2.79 bits per heavy atom. The number of methoxy groups -OCH3 is 1. The van der Waals surface area contributed by atoms with Gasteiger partial charge in [-0.25, -0.2) is 8.42 Å². The van der Waals surface area contributed by atoms with Crippen LogP contribution in [0.5, 0.6) is 11.5 Å². The number of benzene rings is 2. The first-order valence-electron chi connectivity index (χ1n) is 8.38. The number of carbonyl (C=O) groups is 2. The van der Waals surface area contributed by atoms with E-state index in [-0.39, 0.29) is 33.9 Å². The van der Waals surface area contributed by atoms with Crippen LogP contribution in [0.3, 0.4) is 0 Å². The maximum absolute atomic E-state index is 12.9. The molecule has 0 spiro atoms. The van der Waals surface area contributed by atoms with Crippen molar-refractivity contribution in [1.29, 1.82) is 0 Å². The first-order chi connectivity index (χ1) is 13.7. The highest BCUT2D eigenvalue weighted by Gasteiger charge is 2.29. The van der Waals surface area contributed by atoms with Crippen LogP contribution in [0, 0.1) is 0 Å². The van der Waals surface area contributed by atoms with Crippen molar-refractivity contribution in [2.75, 3.05) is 37.9 Å². The molecule has 1 aliphatic heterocycles. The van der Waals surface area contributed by atoms with Gasteiger partial charge in [-0.15, -0.1) is 0 Å². The van der Waals surface area contributed by atoms with Crippen LogP contribution in [0.2, 0.25) is 5.02 Å². The Morgan fingerprint density at radius 1 is 1.34 bits per heavy atom. The summed E-state index contributed by atoms with van der Waals surface area (Å²) < 4.78 is 37.1. The number of sulfonamides is 1. The summed E-state index contributed by atoms with van der Waals surface area (Å²) in [6.45, 7) is -0.684. The standard InChI is InChI=1S/C18H18ClN3O6S/c1-22(9-17(23)20-12-5-3-4-6-14(12)27-2)29(25,26)16-8-15-13(7-11(16)19)21-18(24)10-28-15/h3-8H,9-10H2,1-2H3,(H,20,23)(H,21,24). The summed E-state index contributed by atoms with van der Waals surface area (Å²) in [5, 5.41) is 5.05. The lowest BCUT2D eigenvalue weighted by Gasteiger charge is -2.22. The number of likely N-dealkylation sites (N-methyl/N-ethyl adjacent to an activating group) is 1. The van der Waals surface area contributed by atoms with Gasteiger partial charge in [0.25, 0.3) is 5.91 Å². The van der Waals surface area contributed by atoms with E-state index in [1.807, 2.05) is 0 Å². The number of rotatable bonds is 6. The summed E-state index contributed by atoms with van der Waals surface area (Å²) in [4.78, 5) is 23.5. The molecule has 0 atom stereocenters. The molecular formula is C18H18ClN3O6S. The minimum absolute atomic E-state index is 0.105. The number of hydrogen-bond acceptors (Lipinski definition) is 6. The Balaban J connectivity index is 1.79. The molecule has 0 radical (unpaired) electrons. The number of nitrogens with zero attached hydrogens (tertiary/aromatic N) is 1. The highest BCUT2D eigenvalue weighted by Crippen LogP contribution is 2.36. The summed E-state index contributed by atoms with van der Waals surface area (Å²) in [6, 6.07) is 9.28. The van der Waals surface area contributed by atoms with Gasteiger partial charge in [-0.05, 0) is 18.2 Å². The van der Waals surface area contributed by atoms with Crippen molar-refractivity contribution in [1.82, 2.24) is 4.31 Å². The number of ether oxygens (including phenoxy) is 2. The summed E-state index contributed by atoms with van der Waals surface area (Å²) >= 11 is 6.11. The summed E-state index contributed by atoms with van der Waals surface area (Å²) in [6.07, 6.45) is 0. The molecule has 11 heteroatoms. The zero-order valence-corrected chi connectivity index (χ0v) is 17.1. The fourth-order valence-corrected chi connectivity index (χ4v) is 4.31. The number of carbonyl (C=O) groups excluding carboxylic acids is 2. The molecule has 154 valence electrons. The topological polar surface area (TPSA) is 114 Å². The molecule has 2 N–H and O–H groups in total. The number of amides is 2.